The molecule has 1 rings (SSSR count). The number of nitrogens with zero attached hydrogens (tertiary/aromatic N) is 3. The Hall–Kier alpha value is -2.70. The van der Waals surface area contributed by atoms with Crippen LogP contribution in [0.3, 0.4) is 0 Å². The maximum Gasteiger partial charge on any atom is 0.401 e. The minimum absolute atomic E-state index is 0.0336. The summed E-state index contributed by atoms with van der Waals surface area (Å²) in [6, 6.07) is -0.964. The van der Waals surface area contributed by atoms with E-state index in [0.717, 1.165) is 0 Å². The highest BCUT2D eigenvalue weighted by Crippen LogP contribution is 2.18. The van der Waals surface area contributed by atoms with Crippen LogP contribution in [0.5, 0.6) is 0 Å². The number of hydrazine groups is 1. The normalized spacial score (nSPS) is 20.4. The number of aliphatic imine (C=N–C) groups is 2. The Morgan fingerprint density at radius 3 is 2.57 bits per heavy atom. The third-order valence-corrected chi connectivity index (χ3v) is 2.89. The summed E-state index contributed by atoms with van der Waals surface area (Å²) in [7, 11) is 0. The molecule has 0 aromatic rings. The number of carbonyl (C=O) groups is 2. The zero-order valence-electron chi connectivity index (χ0n) is 11.1. The van der Waals surface area contributed by atoms with Gasteiger partial charge in [0.1, 0.15) is 10.8 Å². The van der Waals surface area contributed by atoms with Gasteiger partial charge >= 0.3 is 11.0 Å². The second-order valence-corrected chi connectivity index (χ2v) is 4.45. The van der Waals surface area contributed by atoms with Gasteiger partial charge in [-0.1, -0.05) is 0 Å². The molecule has 0 spiro atoms. The van der Waals surface area contributed by atoms with Gasteiger partial charge in [-0.3, -0.25) is 4.79 Å². The molecule has 0 aliphatic carbocycles. The average molecular weight is 297 g/mol. The van der Waals surface area contributed by atoms with Crippen molar-refractivity contribution in [1.29, 1.82) is 0 Å². The predicted molar refractivity (Wildman–Crippen MR) is 64.7 cm³/mol. The molecule has 3 atom stereocenters. The van der Waals surface area contributed by atoms with E-state index in [9.17, 15) is 24.1 Å². The maximum absolute atomic E-state index is 11.5. The number of hydrogen-bond donors (Lipinski definition) is 1. The lowest BCUT2D eigenvalue weighted by atomic mass is 9.96. The summed E-state index contributed by atoms with van der Waals surface area (Å²) < 4.78 is 0. The molecule has 1 fully saturated rings. The summed E-state index contributed by atoms with van der Waals surface area (Å²) in [5.74, 6) is -2.90. The predicted octanol–water partition coefficient (Wildman–Crippen LogP) is -0.516. The highest BCUT2D eigenvalue weighted by molar-refractivity contribution is 5.97. The van der Waals surface area contributed by atoms with Crippen molar-refractivity contribution in [3.05, 3.63) is 4.91 Å². The van der Waals surface area contributed by atoms with E-state index in [1.165, 1.54) is 12.2 Å². The molecule has 21 heavy (non-hydrogen) atoms. The molecule has 1 aliphatic heterocycles. The number of rotatable bonds is 7. The number of carbonyl (C=O) groups excluding carboxylic acids is 4. The van der Waals surface area contributed by atoms with E-state index < -0.39 is 29.9 Å². The van der Waals surface area contributed by atoms with E-state index in [1.54, 1.807) is 12.3 Å². The van der Waals surface area contributed by atoms with Gasteiger partial charge in [0.2, 0.25) is 12.2 Å². The molecule has 1 aliphatic rings. The van der Waals surface area contributed by atoms with Crippen molar-refractivity contribution in [2.75, 3.05) is 0 Å². The molecule has 1 amide bonds. The third kappa shape index (κ3) is 5.06. The minimum Gasteiger partial charge on any atom is -0.268 e. The molecule has 0 aromatic carbocycles. The fraction of sp³-hybridized carbons (Fsp3) is 0.636. The van der Waals surface area contributed by atoms with E-state index >= 15 is 0 Å². The molecule has 3 unspecified atom stereocenters. The van der Waals surface area contributed by atoms with E-state index in [0.29, 0.717) is 0 Å². The first-order chi connectivity index (χ1) is 9.97. The number of isocyanates is 2. The van der Waals surface area contributed by atoms with E-state index in [-0.39, 0.29) is 24.3 Å². The van der Waals surface area contributed by atoms with Crippen LogP contribution < -0.4 is 5.43 Å². The van der Waals surface area contributed by atoms with Gasteiger partial charge in [-0.15, -0.1) is 4.84 Å². The Labute approximate surface area is 118 Å². The molecule has 10 nitrogen and oxygen atoms in total. The van der Waals surface area contributed by atoms with Crippen LogP contribution in [0.1, 0.15) is 26.2 Å². The van der Waals surface area contributed by atoms with Crippen molar-refractivity contribution in [1.82, 2.24) is 5.43 Å². The lowest BCUT2D eigenvalue weighted by Crippen LogP contribution is -2.48. The van der Waals surface area contributed by atoms with Crippen LogP contribution in [-0.4, -0.2) is 41.2 Å². The lowest BCUT2D eigenvalue weighted by Gasteiger charge is -2.16. The Morgan fingerprint density at radius 2 is 2.00 bits per heavy atom. The van der Waals surface area contributed by atoms with Gasteiger partial charge in [0, 0.05) is 0 Å². The summed E-state index contributed by atoms with van der Waals surface area (Å²) in [6.07, 6.45) is 3.28. The monoisotopic (exact) mass is 297 g/mol. The highest BCUT2D eigenvalue weighted by atomic mass is 16.8. The molecule has 1 saturated heterocycles. The van der Waals surface area contributed by atoms with Gasteiger partial charge < -0.3 is 0 Å². The highest BCUT2D eigenvalue weighted by Gasteiger charge is 2.42. The van der Waals surface area contributed by atoms with Crippen LogP contribution in [0.4, 0.5) is 0 Å². The first kappa shape index (κ1) is 16.4. The molecular weight excluding hydrogens is 284 g/mol. The molecule has 0 saturated carbocycles. The van der Waals surface area contributed by atoms with Crippen molar-refractivity contribution in [3.8, 4) is 0 Å². The van der Waals surface area contributed by atoms with Crippen LogP contribution in [0.25, 0.3) is 0 Å². The van der Waals surface area contributed by atoms with Gasteiger partial charge in [0.15, 0.2) is 0 Å². The first-order valence-corrected chi connectivity index (χ1v) is 6.11. The summed E-state index contributed by atoms with van der Waals surface area (Å²) in [5.41, 5.74) is 1.79. The number of amides is 1. The molecular formula is C11H13N4O6+. The SMILES string of the molecule is CC(CC(CCC1C(=O)N[N+](=O)OC1=O)N=C=O)N=C=O. The van der Waals surface area contributed by atoms with Crippen LogP contribution in [0.2, 0.25) is 0 Å². The maximum atomic E-state index is 11.5. The second kappa shape index (κ2) is 7.78. The molecule has 112 valence electrons. The van der Waals surface area contributed by atoms with Crippen LogP contribution in [-0.2, 0) is 24.0 Å². The summed E-state index contributed by atoms with van der Waals surface area (Å²) in [6.45, 7) is 1.63. The van der Waals surface area contributed by atoms with Gasteiger partial charge in [-0.25, -0.2) is 24.4 Å². The van der Waals surface area contributed by atoms with Crippen LogP contribution in [0.15, 0.2) is 9.98 Å². The van der Waals surface area contributed by atoms with Gasteiger partial charge in [-0.2, -0.15) is 0 Å². The van der Waals surface area contributed by atoms with Crippen LogP contribution >= 0.6 is 0 Å². The molecule has 1 N–H and O–H groups in total. The second-order valence-electron chi connectivity index (χ2n) is 4.45. The summed E-state index contributed by atoms with van der Waals surface area (Å²) >= 11 is 0. The topological polar surface area (TPSA) is 134 Å². The minimum atomic E-state index is -1.15. The Kier molecular flexibility index (Phi) is 6.06. The van der Waals surface area contributed by atoms with Crippen LogP contribution in [0, 0.1) is 10.8 Å². The number of hydrogen-bond acceptors (Lipinski definition) is 8. The van der Waals surface area contributed by atoms with Crippen molar-refractivity contribution >= 4 is 24.0 Å². The van der Waals surface area contributed by atoms with Crippen molar-refractivity contribution in [2.24, 2.45) is 15.9 Å². The fourth-order valence-corrected chi connectivity index (χ4v) is 1.90. The van der Waals surface area contributed by atoms with Gasteiger partial charge in [0.05, 0.1) is 12.1 Å². The molecule has 10 heteroatoms. The fourth-order valence-electron chi connectivity index (χ4n) is 1.90. The average Bonchev–Trinajstić information content (AvgIpc) is 2.37. The zero-order valence-corrected chi connectivity index (χ0v) is 11.1. The molecule has 0 bridgehead atoms. The van der Waals surface area contributed by atoms with E-state index in [2.05, 4.69) is 14.8 Å². The van der Waals surface area contributed by atoms with Crippen molar-refractivity contribution in [2.45, 2.75) is 38.3 Å². The summed E-state index contributed by atoms with van der Waals surface area (Å²) in [4.78, 5) is 65.3. The van der Waals surface area contributed by atoms with E-state index in [4.69, 9.17) is 0 Å². The molecule has 0 aromatic heterocycles. The Bertz CT molecular complexity index is 515. The smallest absolute Gasteiger partial charge is 0.268 e. The number of nitrogens with one attached hydrogen (secondary N) is 1. The van der Waals surface area contributed by atoms with E-state index in [1.807, 2.05) is 0 Å². The van der Waals surface area contributed by atoms with Crippen molar-refractivity contribution < 1.29 is 29.0 Å². The quantitative estimate of drug-likeness (QED) is 0.382. The zero-order chi connectivity index (χ0) is 15.8. The summed E-state index contributed by atoms with van der Waals surface area (Å²) in [5, 5.41) is -0.316. The molecule has 1 heterocycles. The molecule has 0 radical (unpaired) electrons. The first-order valence-electron chi connectivity index (χ1n) is 6.11. The van der Waals surface area contributed by atoms with Crippen molar-refractivity contribution in [3.63, 3.8) is 0 Å². The Morgan fingerprint density at radius 1 is 1.33 bits per heavy atom. The van der Waals surface area contributed by atoms with Gasteiger partial charge in [0.25, 0.3) is 5.91 Å². The van der Waals surface area contributed by atoms with Gasteiger partial charge in [-0.05, 0) is 31.6 Å². The largest absolute Gasteiger partial charge is 0.401 e. The standard InChI is InChI=1S/C11H12N4O6/c1-7(12-5-16)4-8(13-6-17)2-3-9-10(18)14-15(20)21-11(9)19/h7-9H,2-4H2,1H3/p+1. The lowest BCUT2D eigenvalue weighted by molar-refractivity contribution is -0.815. The Balaban J connectivity index is 2.62. The third-order valence-electron chi connectivity index (χ3n) is 2.89.